The topological polar surface area (TPSA) is 478 Å². The first-order chi connectivity index (χ1) is 48.9. The smallest absolute Gasteiger partial charge is 0.291 e. The molecule has 11 amide bonds. The summed E-state index contributed by atoms with van der Waals surface area (Å²) in [6.07, 6.45) is 11.7. The monoisotopic (exact) mass is 1420 g/mol. The third kappa shape index (κ3) is 24.8. The minimum atomic E-state index is -0.645. The Kier molecular flexibility index (Phi) is 30.1. The highest BCUT2D eigenvalue weighted by molar-refractivity contribution is 6.06. The molecule has 550 valence electrons. The molecule has 0 aromatic carbocycles. The third-order valence-corrected chi connectivity index (χ3v) is 14.6. The first kappa shape index (κ1) is 78.0. The van der Waals surface area contributed by atoms with Gasteiger partial charge in [0.05, 0.1) is 83.1 Å². The Hall–Kier alpha value is -11.4. The van der Waals surface area contributed by atoms with Gasteiger partial charge in [0.15, 0.2) is 23.3 Å². The summed E-state index contributed by atoms with van der Waals surface area (Å²) in [7, 11) is 11.2. The lowest BCUT2D eigenvalue weighted by Crippen LogP contribution is -2.33. The molecule has 7 rings (SSSR count). The maximum atomic E-state index is 13.3. The van der Waals surface area contributed by atoms with Crippen molar-refractivity contribution in [2.75, 3.05) is 136 Å². The Bertz CT molecular complexity index is 4060. The summed E-state index contributed by atoms with van der Waals surface area (Å²) in [5, 5.41) is 29.4. The number of anilines is 7. The van der Waals surface area contributed by atoms with E-state index in [0.29, 0.717) is 77.5 Å². The van der Waals surface area contributed by atoms with Gasteiger partial charge in [-0.1, -0.05) is 0 Å². The molecule has 0 fully saturated rings. The Morgan fingerprint density at radius 2 is 0.775 bits per heavy atom. The minimum absolute atomic E-state index is 0.000571. The molecule has 0 aliphatic rings. The quantitative estimate of drug-likeness (QED) is 0.0223. The lowest BCUT2D eigenvalue weighted by Gasteiger charge is -2.09. The van der Waals surface area contributed by atoms with Crippen molar-refractivity contribution >= 4 is 105 Å². The fraction of sp³-hybridized carbons (Fsp3) is 0.444. The van der Waals surface area contributed by atoms with Crippen LogP contribution in [0.3, 0.4) is 0 Å². The van der Waals surface area contributed by atoms with Crippen molar-refractivity contribution in [2.24, 2.45) is 55.1 Å². The van der Waals surface area contributed by atoms with Gasteiger partial charge in [-0.05, 0) is 18.6 Å². The zero-order chi connectivity index (χ0) is 73.7. The van der Waals surface area contributed by atoms with Crippen LogP contribution in [-0.2, 0) is 97.0 Å². The number of hydrogen-bond acceptors (Lipinski definition) is 21. The van der Waals surface area contributed by atoms with E-state index in [1.807, 2.05) is 0 Å². The van der Waals surface area contributed by atoms with E-state index in [-0.39, 0.29) is 141 Å². The zero-order valence-corrected chi connectivity index (χ0v) is 57.7. The largest absolute Gasteiger partial charge is 0.378 e. The van der Waals surface area contributed by atoms with E-state index in [0.717, 1.165) is 0 Å². The van der Waals surface area contributed by atoms with E-state index in [1.54, 1.807) is 76.9 Å². The van der Waals surface area contributed by atoms with Crippen LogP contribution in [0.5, 0.6) is 0 Å². The summed E-state index contributed by atoms with van der Waals surface area (Å²) in [5.74, 6) is -4.89. The maximum Gasteiger partial charge on any atom is 0.291 e. The summed E-state index contributed by atoms with van der Waals surface area (Å²) in [6.45, 7) is 4.92. The summed E-state index contributed by atoms with van der Waals surface area (Å²) < 4.78 is 37.3. The summed E-state index contributed by atoms with van der Waals surface area (Å²) in [6, 6.07) is 4.45. The highest BCUT2D eigenvalue weighted by Crippen LogP contribution is 2.21. The molecular weight excluding hydrogens is 1330 g/mol. The number of nitrogens with one attached hydrogen (secondary N) is 11. The third-order valence-electron chi connectivity index (χ3n) is 14.6. The summed E-state index contributed by atoms with van der Waals surface area (Å²) in [5.41, 5.74) is 6.68. The molecule has 39 nitrogen and oxygen atoms in total. The number of aromatic nitrogens is 11. The van der Waals surface area contributed by atoms with Crippen LogP contribution < -0.4 is 64.2 Å². The SMILES string of the molecule is Cn1cc(NC(=O)c2nccn2C)cc1NC(=O)CCC(=O)Nc1cn(C)c(C(=O)Nc2cc(C(=O)NCCCC(=O)Nc3cn(C)c(C(=O)NCCC(=O)Nc4cc(C(=O)Nc5cn(C)c(C(=O)NCCC(=O)NCCOCCOCCOCCOCCOCCN)n5)n(C)c4)n3)n(C)c2)n1. The normalized spacial score (nSPS) is 11.0. The van der Waals surface area contributed by atoms with Gasteiger partial charge in [-0.15, -0.1) is 0 Å². The van der Waals surface area contributed by atoms with Gasteiger partial charge in [0.1, 0.15) is 17.2 Å². The van der Waals surface area contributed by atoms with Gasteiger partial charge < -0.3 is 120 Å². The Labute approximate surface area is 585 Å². The van der Waals surface area contributed by atoms with Crippen LogP contribution in [0.15, 0.2) is 67.8 Å². The Morgan fingerprint density at radius 3 is 1.30 bits per heavy atom. The van der Waals surface area contributed by atoms with Gasteiger partial charge in [0.2, 0.25) is 47.0 Å². The van der Waals surface area contributed by atoms with Crippen molar-refractivity contribution in [3.05, 3.63) is 102 Å². The van der Waals surface area contributed by atoms with Crippen LogP contribution in [0.1, 0.15) is 102 Å². The number of ether oxygens (including phenoxy) is 5. The van der Waals surface area contributed by atoms with Gasteiger partial charge in [-0.2, -0.15) is 0 Å². The molecule has 0 aliphatic carbocycles. The number of aryl methyl sites for hydroxylation is 7. The molecule has 0 saturated carbocycles. The Morgan fingerprint density at radius 1 is 0.353 bits per heavy atom. The fourth-order valence-electron chi connectivity index (χ4n) is 9.59. The van der Waals surface area contributed by atoms with Crippen LogP contribution in [0.25, 0.3) is 0 Å². The predicted octanol–water partition coefficient (Wildman–Crippen LogP) is -0.0645. The van der Waals surface area contributed by atoms with Crippen molar-refractivity contribution in [3.63, 3.8) is 0 Å². The number of hydrogen-bond donors (Lipinski definition) is 12. The number of carbonyl (C=O) groups is 11. The number of amides is 11. The average Bonchev–Trinajstić information content (AvgIpc) is 1.70. The molecule has 0 spiro atoms. The molecule has 0 unspecified atom stereocenters. The standard InChI is InChI=1S/C63H87N23O16/c1-80-20-18-66-54(80)62(96)72-42-33-48(83(4)36-42)79-52(90)11-10-51(89)74-46-38-86(7)57(76-46)63(97)71-41-32-43(81(2)35-41)58(92)67-15-8-9-50(88)73-45-37-84(5)55(75-45)60(94)69-17-13-53(91)70-40-31-44(82(3)34-40)59(93)78-47-39-85(6)56(77-47)61(95)68-16-12-49(87)65-19-22-99-24-26-101-28-30-102-29-27-100-25-23-98-21-14-64/h18,20,31-39H,8-17,19,21-30,64H2,1-7H3,(H,65,87)(H,67,92)(H,68,95)(H,69,94)(H,70,91)(H,71,97)(H,72,96)(H,73,88)(H,74,89)(H,78,93)(H,79,90). The Balaban J connectivity index is 0.722. The number of carbonyl (C=O) groups excluding carboxylic acids is 11. The molecule has 0 radical (unpaired) electrons. The second-order valence-corrected chi connectivity index (χ2v) is 22.8. The van der Waals surface area contributed by atoms with E-state index in [4.69, 9.17) is 29.4 Å². The second-order valence-electron chi connectivity index (χ2n) is 22.8. The van der Waals surface area contributed by atoms with Crippen molar-refractivity contribution in [2.45, 2.75) is 38.5 Å². The molecule has 0 atom stereocenters. The molecule has 7 heterocycles. The van der Waals surface area contributed by atoms with Crippen LogP contribution >= 0.6 is 0 Å². The van der Waals surface area contributed by atoms with E-state index in [2.05, 4.69) is 78.4 Å². The van der Waals surface area contributed by atoms with Crippen LogP contribution in [0.2, 0.25) is 0 Å². The molecule has 7 aromatic heterocycles. The average molecular weight is 1420 g/mol. The summed E-state index contributed by atoms with van der Waals surface area (Å²) in [4.78, 5) is 159. The van der Waals surface area contributed by atoms with Gasteiger partial charge in [-0.25, -0.2) is 19.9 Å². The van der Waals surface area contributed by atoms with Crippen molar-refractivity contribution in [1.29, 1.82) is 0 Å². The predicted molar refractivity (Wildman–Crippen MR) is 368 cm³/mol. The number of imidazole rings is 4. The van der Waals surface area contributed by atoms with E-state index in [9.17, 15) is 52.7 Å². The van der Waals surface area contributed by atoms with Crippen LogP contribution in [0, 0.1) is 0 Å². The zero-order valence-electron chi connectivity index (χ0n) is 57.7. The molecule has 39 heteroatoms. The molecule has 7 aromatic rings. The lowest BCUT2D eigenvalue weighted by atomic mass is 10.3. The first-order valence-corrected chi connectivity index (χ1v) is 32.3. The van der Waals surface area contributed by atoms with E-state index >= 15 is 0 Å². The highest BCUT2D eigenvalue weighted by atomic mass is 16.6. The second kappa shape index (κ2) is 39.4. The van der Waals surface area contributed by atoms with Gasteiger partial charge in [-0.3, -0.25) is 52.7 Å². The van der Waals surface area contributed by atoms with Crippen LogP contribution in [0.4, 0.5) is 40.3 Å². The molecule has 0 aliphatic heterocycles. The van der Waals surface area contributed by atoms with Crippen LogP contribution in [-0.4, -0.2) is 216 Å². The van der Waals surface area contributed by atoms with E-state index < -0.39 is 59.1 Å². The van der Waals surface area contributed by atoms with Crippen molar-refractivity contribution in [3.8, 4) is 0 Å². The number of rotatable bonds is 43. The lowest BCUT2D eigenvalue weighted by molar-refractivity contribution is -0.121. The molecule has 13 N–H and O–H groups in total. The molecule has 102 heavy (non-hydrogen) atoms. The minimum Gasteiger partial charge on any atom is -0.378 e. The summed E-state index contributed by atoms with van der Waals surface area (Å²) >= 11 is 0. The van der Waals surface area contributed by atoms with E-state index in [1.165, 1.54) is 72.1 Å². The molecular formula is C63H87N23O16. The molecule has 0 bridgehead atoms. The maximum absolute atomic E-state index is 13.3. The fourth-order valence-corrected chi connectivity index (χ4v) is 9.59. The van der Waals surface area contributed by atoms with Gasteiger partial charge in [0.25, 0.3) is 35.4 Å². The number of nitrogens with two attached hydrogens (primary N) is 1. The highest BCUT2D eigenvalue weighted by Gasteiger charge is 2.23. The first-order valence-electron chi connectivity index (χ1n) is 32.3. The van der Waals surface area contributed by atoms with Crippen molar-refractivity contribution < 1.29 is 76.4 Å². The van der Waals surface area contributed by atoms with Gasteiger partial charge in [0, 0.05) is 170 Å². The molecule has 0 saturated heterocycles. The van der Waals surface area contributed by atoms with Gasteiger partial charge >= 0.3 is 0 Å². The van der Waals surface area contributed by atoms with Crippen molar-refractivity contribution in [1.82, 2.24) is 73.2 Å². The number of nitrogens with zero attached hydrogens (tertiary/aromatic N) is 11.